The van der Waals surface area contributed by atoms with Crippen LogP contribution in [0.5, 0.6) is 0 Å². The van der Waals surface area contributed by atoms with Gasteiger partial charge in [-0.3, -0.25) is 14.8 Å². The molecule has 0 aliphatic carbocycles. The lowest BCUT2D eigenvalue weighted by Gasteiger charge is -2.21. The summed E-state index contributed by atoms with van der Waals surface area (Å²) in [6.45, 7) is 0. The average molecular weight is 285 g/mol. The second-order valence-electron chi connectivity index (χ2n) is 4.58. The van der Waals surface area contributed by atoms with Gasteiger partial charge >= 0.3 is 0 Å². The number of rotatable bonds is 3. The third kappa shape index (κ3) is 2.45. The molecule has 1 atom stereocenters. The van der Waals surface area contributed by atoms with Crippen molar-refractivity contribution < 1.29 is 9.18 Å². The summed E-state index contributed by atoms with van der Waals surface area (Å²) in [4.78, 5) is 23.1. The van der Waals surface area contributed by atoms with Gasteiger partial charge in [0.05, 0.1) is 11.7 Å². The van der Waals surface area contributed by atoms with Gasteiger partial charge in [0.1, 0.15) is 17.3 Å². The van der Waals surface area contributed by atoms with Gasteiger partial charge in [0.15, 0.2) is 0 Å². The lowest BCUT2D eigenvalue weighted by molar-refractivity contribution is -0.105. The smallest absolute Gasteiger partial charge is 0.211 e. The maximum absolute atomic E-state index is 14.0. The van der Waals surface area contributed by atoms with E-state index >= 15 is 0 Å². The van der Waals surface area contributed by atoms with Crippen LogP contribution < -0.4 is 11.1 Å². The van der Waals surface area contributed by atoms with Crippen LogP contribution in [0, 0.1) is 5.82 Å². The number of nitrogens with zero attached hydrogens (tertiary/aromatic N) is 3. The molecule has 2 heterocycles. The summed E-state index contributed by atoms with van der Waals surface area (Å²) in [7, 11) is 0. The van der Waals surface area contributed by atoms with Crippen LogP contribution in [-0.4, -0.2) is 22.2 Å². The van der Waals surface area contributed by atoms with Gasteiger partial charge in [0, 0.05) is 30.1 Å². The summed E-state index contributed by atoms with van der Waals surface area (Å²) in [5, 5.41) is 2.49. The lowest BCUT2D eigenvalue weighted by atomic mass is 9.97. The zero-order valence-corrected chi connectivity index (χ0v) is 11.0. The van der Waals surface area contributed by atoms with Gasteiger partial charge in [0.2, 0.25) is 6.41 Å². The minimum atomic E-state index is -0.484. The van der Waals surface area contributed by atoms with E-state index in [0.29, 0.717) is 35.5 Å². The number of carbonyl (C=O) groups is 1. The molecule has 21 heavy (non-hydrogen) atoms. The molecule has 2 aromatic rings. The van der Waals surface area contributed by atoms with Crippen LogP contribution in [0.2, 0.25) is 0 Å². The van der Waals surface area contributed by atoms with Crippen molar-refractivity contribution >= 4 is 17.9 Å². The van der Waals surface area contributed by atoms with Crippen LogP contribution in [0.15, 0.2) is 35.6 Å². The number of anilines is 1. The van der Waals surface area contributed by atoms with Crippen LogP contribution in [0.25, 0.3) is 0 Å². The van der Waals surface area contributed by atoms with E-state index < -0.39 is 11.9 Å². The van der Waals surface area contributed by atoms with E-state index in [-0.39, 0.29) is 5.84 Å². The van der Waals surface area contributed by atoms with Crippen molar-refractivity contribution in [1.82, 2.24) is 9.97 Å². The Morgan fingerprint density at radius 1 is 1.33 bits per heavy atom. The Morgan fingerprint density at radius 2 is 2.14 bits per heavy atom. The zero-order valence-electron chi connectivity index (χ0n) is 11.0. The predicted octanol–water partition coefficient (Wildman–Crippen LogP) is 1.19. The van der Waals surface area contributed by atoms with Crippen LogP contribution in [0.1, 0.15) is 23.0 Å². The van der Waals surface area contributed by atoms with E-state index in [4.69, 9.17) is 5.73 Å². The average Bonchev–Trinajstić information content (AvgIpc) is 2.49. The van der Waals surface area contributed by atoms with Gasteiger partial charge in [-0.2, -0.15) is 0 Å². The van der Waals surface area contributed by atoms with Crippen molar-refractivity contribution in [3.8, 4) is 0 Å². The van der Waals surface area contributed by atoms with Crippen LogP contribution in [0.3, 0.4) is 0 Å². The highest BCUT2D eigenvalue weighted by Gasteiger charge is 2.25. The highest BCUT2D eigenvalue weighted by molar-refractivity contribution is 5.97. The Kier molecular flexibility index (Phi) is 3.31. The summed E-state index contributed by atoms with van der Waals surface area (Å²) in [6, 6.07) is 3.84. The van der Waals surface area contributed by atoms with Gasteiger partial charge in [-0.05, 0) is 18.2 Å². The van der Waals surface area contributed by atoms with Crippen molar-refractivity contribution in [3.05, 3.63) is 53.4 Å². The number of aliphatic imine (C=N–C) groups is 1. The molecule has 1 aromatic heterocycles. The molecule has 0 spiro atoms. The minimum Gasteiger partial charge on any atom is -0.382 e. The van der Waals surface area contributed by atoms with Crippen LogP contribution in [0.4, 0.5) is 10.1 Å². The number of nitrogens with one attached hydrogen (secondary N) is 1. The molecule has 0 saturated carbocycles. The van der Waals surface area contributed by atoms with Gasteiger partial charge < -0.3 is 11.1 Å². The predicted molar refractivity (Wildman–Crippen MR) is 75.3 cm³/mol. The van der Waals surface area contributed by atoms with Gasteiger partial charge in [-0.25, -0.2) is 9.37 Å². The van der Waals surface area contributed by atoms with Crippen molar-refractivity contribution in [2.24, 2.45) is 10.7 Å². The summed E-state index contributed by atoms with van der Waals surface area (Å²) in [5.74, 6) is -0.164. The van der Waals surface area contributed by atoms with Gasteiger partial charge in [-0.15, -0.1) is 0 Å². The highest BCUT2D eigenvalue weighted by atomic mass is 19.1. The number of amidine groups is 1. The summed E-state index contributed by atoms with van der Waals surface area (Å²) in [5.41, 5.74) is 7.96. The Labute approximate surface area is 119 Å². The molecule has 1 aliphatic rings. The van der Waals surface area contributed by atoms with Crippen molar-refractivity contribution in [1.29, 1.82) is 0 Å². The van der Waals surface area contributed by atoms with Crippen LogP contribution in [-0.2, 0) is 11.2 Å². The molecule has 3 N–H and O–H groups in total. The maximum atomic E-state index is 14.0. The molecule has 0 radical (unpaired) electrons. The first-order chi connectivity index (χ1) is 10.2. The first-order valence-electron chi connectivity index (χ1n) is 6.32. The van der Waals surface area contributed by atoms with Crippen molar-refractivity contribution in [2.45, 2.75) is 12.5 Å². The Balaban J connectivity index is 2.01. The van der Waals surface area contributed by atoms with Gasteiger partial charge in [-0.1, -0.05) is 0 Å². The molecule has 1 amide bonds. The SMILES string of the molecule is NC1=NC(c2cc(NC=O)ccc2F)Cc2nccnc21. The topological polar surface area (TPSA) is 93.3 Å². The first kappa shape index (κ1) is 13.2. The largest absolute Gasteiger partial charge is 0.382 e. The van der Waals surface area contributed by atoms with Crippen molar-refractivity contribution in [2.75, 3.05) is 5.32 Å². The zero-order chi connectivity index (χ0) is 14.8. The molecule has 1 unspecified atom stereocenters. The first-order valence-corrected chi connectivity index (χ1v) is 6.32. The fourth-order valence-electron chi connectivity index (χ4n) is 2.32. The van der Waals surface area contributed by atoms with E-state index in [1.54, 1.807) is 12.3 Å². The summed E-state index contributed by atoms with van der Waals surface area (Å²) in [6.07, 6.45) is 4.05. The third-order valence-electron chi connectivity index (χ3n) is 3.28. The number of halogens is 1. The number of amides is 1. The van der Waals surface area contributed by atoms with Gasteiger partial charge in [0.25, 0.3) is 0 Å². The molecular weight excluding hydrogens is 273 g/mol. The number of benzene rings is 1. The lowest BCUT2D eigenvalue weighted by Crippen LogP contribution is -2.25. The molecule has 0 fully saturated rings. The molecule has 3 rings (SSSR count). The third-order valence-corrected chi connectivity index (χ3v) is 3.28. The molecule has 106 valence electrons. The molecule has 1 aliphatic heterocycles. The molecule has 0 bridgehead atoms. The Bertz CT molecular complexity index is 731. The number of aromatic nitrogens is 2. The van der Waals surface area contributed by atoms with Crippen LogP contribution >= 0.6 is 0 Å². The second-order valence-corrected chi connectivity index (χ2v) is 4.58. The minimum absolute atomic E-state index is 0.238. The van der Waals surface area contributed by atoms with Crippen molar-refractivity contribution in [3.63, 3.8) is 0 Å². The molecule has 0 saturated heterocycles. The van der Waals surface area contributed by atoms with E-state index in [9.17, 15) is 9.18 Å². The number of nitrogens with two attached hydrogens (primary N) is 1. The van der Waals surface area contributed by atoms with E-state index in [1.165, 1.54) is 18.3 Å². The normalized spacial score (nSPS) is 16.8. The molecule has 6 nitrogen and oxygen atoms in total. The second kappa shape index (κ2) is 5.28. The maximum Gasteiger partial charge on any atom is 0.211 e. The molecule has 7 heteroatoms. The van der Waals surface area contributed by atoms with E-state index in [0.717, 1.165) is 0 Å². The summed E-state index contributed by atoms with van der Waals surface area (Å²) >= 11 is 0. The number of hydrogen-bond acceptors (Lipinski definition) is 5. The molecule has 1 aromatic carbocycles. The fourth-order valence-corrected chi connectivity index (χ4v) is 2.32. The summed E-state index contributed by atoms with van der Waals surface area (Å²) < 4.78 is 14.0. The molecular formula is C14H12FN5O. The van der Waals surface area contributed by atoms with E-state index in [1.807, 2.05) is 0 Å². The Hall–Kier alpha value is -2.83. The standard InChI is InChI=1S/C14H12FN5O/c15-10-2-1-8(19-7-21)5-9(10)11-6-12-13(14(16)20-11)18-4-3-17-12/h1-5,7,11H,6H2,(H2,16,20)(H,19,21). The fraction of sp³-hybridized carbons (Fsp3) is 0.143. The van der Waals surface area contributed by atoms with E-state index in [2.05, 4.69) is 20.3 Å². The quantitative estimate of drug-likeness (QED) is 0.828. The number of carbonyl (C=O) groups excluding carboxylic acids is 1. The highest BCUT2D eigenvalue weighted by Crippen LogP contribution is 2.30. The number of fused-ring (bicyclic) bond motifs is 1. The Morgan fingerprint density at radius 3 is 2.95 bits per heavy atom. The number of hydrogen-bond donors (Lipinski definition) is 2. The monoisotopic (exact) mass is 285 g/mol.